The van der Waals surface area contributed by atoms with Gasteiger partial charge in [0.15, 0.2) is 0 Å². The van der Waals surface area contributed by atoms with Crippen LogP contribution >= 0.6 is 23.5 Å². The highest BCUT2D eigenvalue weighted by atomic mass is 32.2. The summed E-state index contributed by atoms with van der Waals surface area (Å²) in [5.41, 5.74) is 0. The largest absolute Gasteiger partial charge is 0.355 e. The summed E-state index contributed by atoms with van der Waals surface area (Å²) in [4.78, 5) is 46.3. The Morgan fingerprint density at radius 1 is 0.667 bits per heavy atom. The maximum atomic E-state index is 11.8. The van der Waals surface area contributed by atoms with Gasteiger partial charge in [0.25, 0.3) is 0 Å². The average Bonchev–Trinajstić information content (AvgIpc) is 2.57. The van der Waals surface area contributed by atoms with Crippen molar-refractivity contribution in [2.24, 2.45) is 0 Å². The maximum absolute atomic E-state index is 11.8. The van der Waals surface area contributed by atoms with Gasteiger partial charge in [-0.05, 0) is 60.8 Å². The zero-order chi connectivity index (χ0) is 21.1. The molecule has 0 atom stereocenters. The molecular weight excluding hydrogens is 384 g/mol. The standard InChI is InChI=1S/C19H34N2O4S2/c1-14(22)18(3,4)26-12-16(24)20-10-8-7-9-11-21-17(25)13-27-19(5,6)15(2)23/h7-13H2,1-6H3,(H,20,24)(H,21,25). The Balaban J connectivity index is 3.70. The Morgan fingerprint density at radius 3 is 1.30 bits per heavy atom. The first kappa shape index (κ1) is 26.0. The highest BCUT2D eigenvalue weighted by molar-refractivity contribution is 8.02. The molecule has 0 fully saturated rings. The van der Waals surface area contributed by atoms with E-state index in [0.29, 0.717) is 13.1 Å². The molecule has 0 aliphatic carbocycles. The van der Waals surface area contributed by atoms with Crippen molar-refractivity contribution in [1.29, 1.82) is 0 Å². The van der Waals surface area contributed by atoms with Gasteiger partial charge in [-0.1, -0.05) is 0 Å². The van der Waals surface area contributed by atoms with Crippen LogP contribution in [-0.4, -0.2) is 57.5 Å². The molecule has 2 N–H and O–H groups in total. The van der Waals surface area contributed by atoms with E-state index in [2.05, 4.69) is 10.6 Å². The van der Waals surface area contributed by atoms with Crippen LogP contribution in [0.25, 0.3) is 0 Å². The molecule has 0 aliphatic rings. The SMILES string of the molecule is CC(=O)C(C)(C)SCC(=O)NCCCCCNC(=O)CSC(C)(C)C(C)=O. The molecule has 0 bridgehead atoms. The second-order valence-corrected chi connectivity index (χ2v) is 10.7. The van der Waals surface area contributed by atoms with Crippen molar-refractivity contribution in [3.63, 3.8) is 0 Å². The molecule has 0 rings (SSSR count). The fourth-order valence-electron chi connectivity index (χ4n) is 1.68. The topological polar surface area (TPSA) is 92.3 Å². The lowest BCUT2D eigenvalue weighted by Gasteiger charge is -2.20. The Kier molecular flexibility index (Phi) is 12.0. The lowest BCUT2D eigenvalue weighted by atomic mass is 10.1. The molecule has 156 valence electrons. The average molecular weight is 419 g/mol. The fraction of sp³-hybridized carbons (Fsp3) is 0.789. The number of rotatable bonds is 14. The van der Waals surface area contributed by atoms with Gasteiger partial charge in [0, 0.05) is 13.1 Å². The van der Waals surface area contributed by atoms with Crippen LogP contribution in [0.5, 0.6) is 0 Å². The van der Waals surface area contributed by atoms with Crippen molar-refractivity contribution in [2.45, 2.75) is 70.3 Å². The van der Waals surface area contributed by atoms with Crippen LogP contribution in [0, 0.1) is 0 Å². The van der Waals surface area contributed by atoms with Crippen LogP contribution < -0.4 is 10.6 Å². The molecule has 0 aliphatic heterocycles. The molecule has 0 aromatic heterocycles. The summed E-state index contributed by atoms with van der Waals surface area (Å²) in [6, 6.07) is 0. The Bertz CT molecular complexity index is 488. The number of amides is 2. The number of unbranched alkanes of at least 4 members (excludes halogenated alkanes) is 2. The van der Waals surface area contributed by atoms with E-state index in [9.17, 15) is 19.2 Å². The number of carbonyl (C=O) groups excluding carboxylic acids is 4. The minimum absolute atomic E-state index is 0.0607. The summed E-state index contributed by atoms with van der Waals surface area (Å²) in [6.07, 6.45) is 2.59. The maximum Gasteiger partial charge on any atom is 0.230 e. The number of hydrogen-bond acceptors (Lipinski definition) is 6. The lowest BCUT2D eigenvalue weighted by Crippen LogP contribution is -2.32. The van der Waals surface area contributed by atoms with Crippen molar-refractivity contribution in [3.8, 4) is 0 Å². The molecule has 0 saturated carbocycles. The molecular formula is C19H34N2O4S2. The van der Waals surface area contributed by atoms with Crippen LogP contribution in [0.1, 0.15) is 60.8 Å². The van der Waals surface area contributed by atoms with Gasteiger partial charge in [-0.15, -0.1) is 23.5 Å². The molecule has 0 radical (unpaired) electrons. The van der Waals surface area contributed by atoms with Gasteiger partial charge < -0.3 is 10.6 Å². The second kappa shape index (κ2) is 12.4. The van der Waals surface area contributed by atoms with E-state index in [-0.39, 0.29) is 34.9 Å². The third kappa shape index (κ3) is 12.1. The van der Waals surface area contributed by atoms with Crippen molar-refractivity contribution < 1.29 is 19.2 Å². The molecule has 0 saturated heterocycles. The molecule has 6 nitrogen and oxygen atoms in total. The zero-order valence-electron chi connectivity index (χ0n) is 17.4. The number of nitrogens with one attached hydrogen (secondary N) is 2. The first-order chi connectivity index (χ1) is 12.4. The molecule has 0 aromatic carbocycles. The van der Waals surface area contributed by atoms with Crippen LogP contribution in [0.4, 0.5) is 0 Å². The molecule has 0 spiro atoms. The summed E-state index contributed by atoms with van der Waals surface area (Å²) >= 11 is 2.69. The van der Waals surface area contributed by atoms with Crippen LogP contribution in [0.15, 0.2) is 0 Å². The predicted molar refractivity (Wildman–Crippen MR) is 114 cm³/mol. The fourth-order valence-corrected chi connectivity index (χ4v) is 3.27. The Hall–Kier alpha value is -1.02. The summed E-state index contributed by atoms with van der Waals surface area (Å²) in [5.74, 6) is 0.546. The molecule has 8 heteroatoms. The van der Waals surface area contributed by atoms with E-state index in [1.54, 1.807) is 0 Å². The minimum atomic E-state index is -0.534. The van der Waals surface area contributed by atoms with Crippen LogP contribution in [-0.2, 0) is 19.2 Å². The zero-order valence-corrected chi connectivity index (χ0v) is 19.0. The van der Waals surface area contributed by atoms with Crippen LogP contribution in [0.2, 0.25) is 0 Å². The Labute approximate surface area is 171 Å². The number of ketones is 2. The highest BCUT2D eigenvalue weighted by Gasteiger charge is 2.25. The first-order valence-electron chi connectivity index (χ1n) is 9.22. The smallest absolute Gasteiger partial charge is 0.230 e. The van der Waals surface area contributed by atoms with E-state index in [1.165, 1.54) is 37.4 Å². The number of hydrogen-bond donors (Lipinski definition) is 2. The van der Waals surface area contributed by atoms with Gasteiger partial charge in [0.05, 0.1) is 21.0 Å². The van der Waals surface area contributed by atoms with E-state index in [1.807, 2.05) is 27.7 Å². The molecule has 0 aromatic rings. The molecule has 2 amide bonds. The lowest BCUT2D eigenvalue weighted by molar-refractivity contribution is -0.119. The summed E-state index contributed by atoms with van der Waals surface area (Å²) in [6.45, 7) is 11.5. The van der Waals surface area contributed by atoms with Gasteiger partial charge in [-0.25, -0.2) is 0 Å². The summed E-state index contributed by atoms with van der Waals surface area (Å²) in [7, 11) is 0. The molecule has 0 heterocycles. The van der Waals surface area contributed by atoms with Gasteiger partial charge in [0.2, 0.25) is 11.8 Å². The van der Waals surface area contributed by atoms with Crippen molar-refractivity contribution >= 4 is 46.9 Å². The van der Waals surface area contributed by atoms with E-state index in [4.69, 9.17) is 0 Å². The highest BCUT2D eigenvalue weighted by Crippen LogP contribution is 2.25. The van der Waals surface area contributed by atoms with Gasteiger partial charge in [0.1, 0.15) is 11.6 Å². The van der Waals surface area contributed by atoms with Crippen molar-refractivity contribution in [1.82, 2.24) is 10.6 Å². The molecule has 0 unspecified atom stereocenters. The number of Topliss-reactive ketones (excluding diaryl/α,β-unsaturated/α-hetero) is 2. The minimum Gasteiger partial charge on any atom is -0.355 e. The normalized spacial score (nSPS) is 11.8. The van der Waals surface area contributed by atoms with E-state index in [0.717, 1.165) is 19.3 Å². The van der Waals surface area contributed by atoms with Crippen molar-refractivity contribution in [3.05, 3.63) is 0 Å². The summed E-state index contributed by atoms with van der Waals surface area (Å²) in [5, 5.41) is 5.70. The van der Waals surface area contributed by atoms with Crippen LogP contribution in [0.3, 0.4) is 0 Å². The number of thioether (sulfide) groups is 2. The number of carbonyl (C=O) groups is 4. The summed E-state index contributed by atoms with van der Waals surface area (Å²) < 4.78 is -1.07. The van der Waals surface area contributed by atoms with E-state index < -0.39 is 9.49 Å². The van der Waals surface area contributed by atoms with Crippen molar-refractivity contribution in [2.75, 3.05) is 24.6 Å². The Morgan fingerprint density at radius 2 is 1.00 bits per heavy atom. The second-order valence-electron chi connectivity index (χ2n) is 7.47. The quantitative estimate of drug-likeness (QED) is 0.421. The third-order valence-corrected chi connectivity index (χ3v) is 7.15. The van der Waals surface area contributed by atoms with Gasteiger partial charge in [-0.3, -0.25) is 19.2 Å². The van der Waals surface area contributed by atoms with Gasteiger partial charge >= 0.3 is 0 Å². The van der Waals surface area contributed by atoms with Gasteiger partial charge in [-0.2, -0.15) is 0 Å². The monoisotopic (exact) mass is 418 g/mol. The molecule has 27 heavy (non-hydrogen) atoms. The first-order valence-corrected chi connectivity index (χ1v) is 11.2. The third-order valence-electron chi connectivity index (χ3n) is 4.32. The predicted octanol–water partition coefficient (Wildman–Crippen LogP) is 2.59. The van der Waals surface area contributed by atoms with E-state index >= 15 is 0 Å².